The molecule has 5 rings (SSSR count). The van der Waals surface area contributed by atoms with Crippen LogP contribution in [0.15, 0.2) is 36.7 Å². The van der Waals surface area contributed by atoms with E-state index in [1.165, 1.54) is 23.0 Å². The van der Waals surface area contributed by atoms with E-state index in [9.17, 15) is 18.0 Å². The average Bonchev–Trinajstić information content (AvgIpc) is 3.49. The number of fused-ring (bicyclic) bond motifs is 1. The highest BCUT2D eigenvalue weighted by Crippen LogP contribution is 2.34. The van der Waals surface area contributed by atoms with E-state index < -0.39 is 6.43 Å². The number of nitrogens with zero attached hydrogens (tertiary/aromatic N) is 5. The molecule has 1 aromatic carbocycles. The van der Waals surface area contributed by atoms with Gasteiger partial charge in [0.1, 0.15) is 28.0 Å². The maximum Gasteiger partial charge on any atom is 0.281 e. The van der Waals surface area contributed by atoms with E-state index >= 15 is 0 Å². The number of thiazole rings is 1. The van der Waals surface area contributed by atoms with Crippen LogP contribution < -0.4 is 5.32 Å². The smallest absolute Gasteiger partial charge is 0.281 e. The molecule has 0 saturated carbocycles. The highest BCUT2D eigenvalue weighted by atomic mass is 32.1. The molecule has 1 amide bonds. The number of nitrogens with one attached hydrogen (secondary N) is 1. The van der Waals surface area contributed by atoms with Gasteiger partial charge in [-0.1, -0.05) is 12.1 Å². The molecule has 4 heterocycles. The number of carbonyl (C=O) groups excluding carboxylic acids is 1. The first kappa shape index (κ1) is 22.3. The van der Waals surface area contributed by atoms with Crippen LogP contribution in [-0.4, -0.2) is 36.3 Å². The Hall–Kier alpha value is -3.47. The third-order valence-corrected chi connectivity index (χ3v) is 6.91. The van der Waals surface area contributed by atoms with Gasteiger partial charge in [0, 0.05) is 42.7 Å². The zero-order valence-corrected chi connectivity index (χ0v) is 19.2. The van der Waals surface area contributed by atoms with Crippen molar-refractivity contribution in [3.63, 3.8) is 0 Å². The molecule has 0 fully saturated rings. The number of hydrogen-bond donors (Lipinski definition) is 1. The van der Waals surface area contributed by atoms with Crippen molar-refractivity contribution in [3.05, 3.63) is 64.6 Å². The van der Waals surface area contributed by atoms with Crippen molar-refractivity contribution < 1.29 is 18.0 Å². The van der Waals surface area contributed by atoms with Crippen molar-refractivity contribution in [1.29, 1.82) is 0 Å². The second kappa shape index (κ2) is 8.71. The summed E-state index contributed by atoms with van der Waals surface area (Å²) in [7, 11) is 1.63. The fourth-order valence-electron chi connectivity index (χ4n) is 4.18. The zero-order chi connectivity index (χ0) is 24.0. The summed E-state index contributed by atoms with van der Waals surface area (Å²) in [5.74, 6) is 0.131. The van der Waals surface area contributed by atoms with E-state index in [1.54, 1.807) is 26.1 Å². The number of hydrogen-bond acceptors (Lipinski definition) is 5. The van der Waals surface area contributed by atoms with Gasteiger partial charge in [-0.25, -0.2) is 23.1 Å². The Morgan fingerprint density at radius 2 is 2.12 bits per heavy atom. The summed E-state index contributed by atoms with van der Waals surface area (Å²) in [5, 5.41) is 7.53. The second-order valence-electron chi connectivity index (χ2n) is 8.20. The van der Waals surface area contributed by atoms with Gasteiger partial charge in [0.05, 0.1) is 17.5 Å². The lowest BCUT2D eigenvalue weighted by Gasteiger charge is -2.24. The molecule has 1 aliphatic heterocycles. The molecule has 1 atom stereocenters. The molecule has 0 bridgehead atoms. The Labute approximate surface area is 197 Å². The van der Waals surface area contributed by atoms with E-state index in [-0.39, 0.29) is 29.2 Å². The molecule has 0 spiro atoms. The maximum atomic E-state index is 13.6. The molecule has 3 aromatic heterocycles. The van der Waals surface area contributed by atoms with Gasteiger partial charge in [0.25, 0.3) is 12.3 Å². The lowest BCUT2D eigenvalue weighted by Crippen LogP contribution is -2.41. The minimum Gasteiger partial charge on any atom is -0.347 e. The summed E-state index contributed by atoms with van der Waals surface area (Å²) in [6.07, 6.45) is 1.90. The summed E-state index contributed by atoms with van der Waals surface area (Å²) in [6, 6.07) is 6.11. The van der Waals surface area contributed by atoms with Crippen LogP contribution in [0.1, 0.15) is 39.7 Å². The van der Waals surface area contributed by atoms with Crippen LogP contribution in [0.2, 0.25) is 0 Å². The van der Waals surface area contributed by atoms with E-state index in [4.69, 9.17) is 0 Å². The van der Waals surface area contributed by atoms with Crippen LogP contribution in [0.25, 0.3) is 21.8 Å². The van der Waals surface area contributed by atoms with Crippen LogP contribution >= 0.6 is 11.3 Å². The molecule has 34 heavy (non-hydrogen) atoms. The van der Waals surface area contributed by atoms with E-state index in [2.05, 4.69) is 20.4 Å². The summed E-state index contributed by atoms with van der Waals surface area (Å²) in [4.78, 5) is 22.3. The predicted octanol–water partition coefficient (Wildman–Crippen LogP) is 4.54. The number of benzene rings is 1. The Kier molecular flexibility index (Phi) is 5.72. The van der Waals surface area contributed by atoms with Gasteiger partial charge in [0.15, 0.2) is 0 Å². The van der Waals surface area contributed by atoms with Crippen LogP contribution in [0.5, 0.6) is 0 Å². The number of aryl methyl sites for hydroxylation is 3. The van der Waals surface area contributed by atoms with Gasteiger partial charge in [-0.05, 0) is 25.5 Å². The van der Waals surface area contributed by atoms with Crippen molar-refractivity contribution >= 4 is 17.2 Å². The number of alkyl halides is 2. The van der Waals surface area contributed by atoms with Crippen LogP contribution in [0.3, 0.4) is 0 Å². The van der Waals surface area contributed by atoms with Gasteiger partial charge < -0.3 is 9.88 Å². The van der Waals surface area contributed by atoms with E-state index in [0.717, 1.165) is 17.2 Å². The monoisotopic (exact) mass is 486 g/mol. The third-order valence-electron chi connectivity index (χ3n) is 5.89. The van der Waals surface area contributed by atoms with Crippen LogP contribution in [0, 0.1) is 12.7 Å². The van der Waals surface area contributed by atoms with Gasteiger partial charge in [0.2, 0.25) is 0 Å². The minimum atomic E-state index is -2.68. The maximum absolute atomic E-state index is 13.6. The van der Waals surface area contributed by atoms with Crippen LogP contribution in [0.4, 0.5) is 13.2 Å². The number of imidazole rings is 1. The molecule has 1 unspecified atom stereocenters. The third kappa shape index (κ3) is 4.11. The van der Waals surface area contributed by atoms with Crippen molar-refractivity contribution in [2.24, 2.45) is 7.05 Å². The standard InChI is InChI=1S/C23H21F3N6OS/c1-12-19(21(25)26)30-23(34-12)16-10-27-31(2)20(16)22(33)28-15-6-7-32-11-17(29-18(32)9-15)13-4-3-5-14(24)8-13/h3-5,8,10-11,15,21H,6-7,9H2,1-2H3,(H,28,33). The van der Waals surface area contributed by atoms with E-state index in [1.807, 2.05) is 10.8 Å². The molecule has 0 radical (unpaired) electrons. The molecule has 176 valence electrons. The number of amides is 1. The molecule has 1 N–H and O–H groups in total. The molecule has 0 saturated heterocycles. The molecule has 7 nitrogen and oxygen atoms in total. The Morgan fingerprint density at radius 1 is 1.29 bits per heavy atom. The SMILES string of the molecule is Cc1sc(-c2cnn(C)c2C(=O)NC2CCn3cc(-c4cccc(F)c4)nc3C2)nc1C(F)F. The lowest BCUT2D eigenvalue weighted by molar-refractivity contribution is 0.0921. The quantitative estimate of drug-likeness (QED) is 0.450. The van der Waals surface area contributed by atoms with Gasteiger partial charge in [-0.15, -0.1) is 11.3 Å². The fourth-order valence-corrected chi connectivity index (χ4v) is 5.11. The number of halogens is 3. The number of carbonyl (C=O) groups is 1. The Morgan fingerprint density at radius 3 is 2.85 bits per heavy atom. The van der Waals surface area contributed by atoms with Crippen molar-refractivity contribution in [2.45, 2.75) is 38.8 Å². The zero-order valence-electron chi connectivity index (χ0n) is 18.4. The summed E-state index contributed by atoms with van der Waals surface area (Å²) >= 11 is 1.11. The first-order valence-corrected chi connectivity index (χ1v) is 11.5. The minimum absolute atomic E-state index is 0.167. The largest absolute Gasteiger partial charge is 0.347 e. The average molecular weight is 487 g/mol. The molecular formula is C23H21F3N6OS. The van der Waals surface area contributed by atoms with Crippen LogP contribution in [-0.2, 0) is 20.0 Å². The predicted molar refractivity (Wildman–Crippen MR) is 121 cm³/mol. The Balaban J connectivity index is 1.35. The van der Waals surface area contributed by atoms with Gasteiger partial charge in [-0.3, -0.25) is 9.48 Å². The summed E-state index contributed by atoms with van der Waals surface area (Å²) in [5.41, 5.74) is 1.80. The molecule has 11 heteroatoms. The normalized spacial score (nSPS) is 15.5. The summed E-state index contributed by atoms with van der Waals surface area (Å²) in [6.45, 7) is 2.24. The topological polar surface area (TPSA) is 77.6 Å². The molecule has 1 aliphatic rings. The van der Waals surface area contributed by atoms with Gasteiger partial charge in [-0.2, -0.15) is 5.10 Å². The highest BCUT2D eigenvalue weighted by molar-refractivity contribution is 7.15. The molecule has 0 aliphatic carbocycles. The second-order valence-corrected chi connectivity index (χ2v) is 9.40. The summed E-state index contributed by atoms with van der Waals surface area (Å²) < 4.78 is 43.4. The van der Waals surface area contributed by atoms with Crippen molar-refractivity contribution in [1.82, 2.24) is 29.6 Å². The lowest BCUT2D eigenvalue weighted by atomic mass is 10.1. The van der Waals surface area contributed by atoms with Gasteiger partial charge >= 0.3 is 0 Å². The molecule has 4 aromatic rings. The number of aromatic nitrogens is 5. The first-order chi connectivity index (χ1) is 16.3. The highest BCUT2D eigenvalue weighted by Gasteiger charge is 2.27. The molecular weight excluding hydrogens is 465 g/mol. The Bertz CT molecular complexity index is 1370. The van der Waals surface area contributed by atoms with E-state index in [0.29, 0.717) is 46.1 Å². The first-order valence-electron chi connectivity index (χ1n) is 10.7. The van der Waals surface area contributed by atoms with Crippen molar-refractivity contribution in [2.75, 3.05) is 0 Å². The van der Waals surface area contributed by atoms with Crippen molar-refractivity contribution in [3.8, 4) is 21.8 Å². The number of rotatable bonds is 5. The fraction of sp³-hybridized carbons (Fsp3) is 0.304.